The van der Waals surface area contributed by atoms with E-state index >= 15 is 0 Å². The first-order valence-electron chi connectivity index (χ1n) is 8.11. The van der Waals surface area contributed by atoms with Crippen LogP contribution in [0.25, 0.3) is 0 Å². The smallest absolute Gasteiger partial charge is 0.0175 e. The third-order valence-corrected chi connectivity index (χ3v) is 6.22. The molecule has 1 aromatic carbocycles. The predicted octanol–water partition coefficient (Wildman–Crippen LogP) is 5.04. The summed E-state index contributed by atoms with van der Waals surface area (Å²) in [5.74, 6) is 0. The second kappa shape index (κ2) is 5.46. The zero-order chi connectivity index (χ0) is 14.2. The molecule has 2 saturated carbocycles. The molecule has 2 fully saturated rings. The second-order valence-electron chi connectivity index (χ2n) is 7.00. The fourth-order valence-electron chi connectivity index (χ4n) is 4.00. The number of halogens is 1. The number of hydrogen-bond acceptors (Lipinski definition) is 1. The van der Waals surface area contributed by atoms with E-state index in [9.17, 15) is 0 Å². The maximum Gasteiger partial charge on any atom is 0.0175 e. The van der Waals surface area contributed by atoms with Crippen molar-refractivity contribution >= 4 is 15.9 Å². The van der Waals surface area contributed by atoms with Crippen LogP contribution in [0.4, 0.5) is 0 Å². The van der Waals surface area contributed by atoms with E-state index in [1.807, 2.05) is 0 Å². The van der Waals surface area contributed by atoms with Crippen molar-refractivity contribution in [3.63, 3.8) is 0 Å². The Morgan fingerprint density at radius 1 is 1.10 bits per heavy atom. The van der Waals surface area contributed by atoms with Gasteiger partial charge in [0.05, 0.1) is 0 Å². The molecule has 0 spiro atoms. The van der Waals surface area contributed by atoms with Crippen LogP contribution in [0.1, 0.15) is 57.9 Å². The van der Waals surface area contributed by atoms with Crippen LogP contribution in [0, 0.1) is 5.41 Å². The van der Waals surface area contributed by atoms with Crippen molar-refractivity contribution < 1.29 is 0 Å². The van der Waals surface area contributed by atoms with Crippen molar-refractivity contribution in [2.24, 2.45) is 5.41 Å². The largest absolute Gasteiger partial charge is 0.313 e. The van der Waals surface area contributed by atoms with Gasteiger partial charge in [-0.1, -0.05) is 54.8 Å². The van der Waals surface area contributed by atoms with E-state index in [2.05, 4.69) is 59.4 Å². The van der Waals surface area contributed by atoms with Gasteiger partial charge in [0, 0.05) is 22.5 Å². The molecule has 2 aliphatic rings. The van der Waals surface area contributed by atoms with Crippen LogP contribution in [-0.2, 0) is 5.41 Å². The summed E-state index contributed by atoms with van der Waals surface area (Å²) in [6.45, 7) is 5.90. The molecule has 0 saturated heterocycles. The minimum absolute atomic E-state index is 0.384. The lowest BCUT2D eigenvalue weighted by atomic mass is 9.48. The summed E-state index contributed by atoms with van der Waals surface area (Å²) in [5, 5.41) is 3.79. The summed E-state index contributed by atoms with van der Waals surface area (Å²) in [4.78, 5) is 0. The van der Waals surface area contributed by atoms with Crippen molar-refractivity contribution in [3.05, 3.63) is 34.3 Å². The quantitative estimate of drug-likeness (QED) is 0.767. The standard InChI is InChI=1S/C18H26BrN/c1-3-17(4-2)11-18(12-17,13-20-16-9-10-16)14-5-7-15(19)8-6-14/h5-8,16,20H,3-4,9-13H2,1-2H3. The maximum atomic E-state index is 3.79. The van der Waals surface area contributed by atoms with Crippen LogP contribution < -0.4 is 5.32 Å². The van der Waals surface area contributed by atoms with E-state index in [1.54, 1.807) is 0 Å². The average Bonchev–Trinajstić information content (AvgIpc) is 3.24. The molecule has 0 aliphatic heterocycles. The second-order valence-corrected chi connectivity index (χ2v) is 7.92. The van der Waals surface area contributed by atoms with Crippen LogP contribution in [0.2, 0.25) is 0 Å². The van der Waals surface area contributed by atoms with Crippen molar-refractivity contribution in [2.45, 2.75) is 63.8 Å². The summed E-state index contributed by atoms with van der Waals surface area (Å²) < 4.78 is 1.18. The molecule has 0 heterocycles. The van der Waals surface area contributed by atoms with Gasteiger partial charge in [-0.3, -0.25) is 0 Å². The molecule has 0 amide bonds. The SMILES string of the molecule is CCC1(CC)CC(CNC2CC2)(c2ccc(Br)cc2)C1. The molecular weight excluding hydrogens is 310 g/mol. The van der Waals surface area contributed by atoms with Crippen molar-refractivity contribution in [3.8, 4) is 0 Å². The van der Waals surface area contributed by atoms with E-state index in [-0.39, 0.29) is 0 Å². The Kier molecular flexibility index (Phi) is 3.98. The number of rotatable bonds is 6. The Morgan fingerprint density at radius 3 is 2.20 bits per heavy atom. The predicted molar refractivity (Wildman–Crippen MR) is 89.1 cm³/mol. The molecular formula is C18H26BrN. The highest BCUT2D eigenvalue weighted by Crippen LogP contribution is 2.59. The van der Waals surface area contributed by atoms with Crippen LogP contribution in [0.5, 0.6) is 0 Å². The lowest BCUT2D eigenvalue weighted by Crippen LogP contribution is -2.54. The number of hydrogen-bond donors (Lipinski definition) is 1. The van der Waals surface area contributed by atoms with Gasteiger partial charge in [0.15, 0.2) is 0 Å². The first kappa shape index (κ1) is 14.6. The van der Waals surface area contributed by atoms with Gasteiger partial charge in [-0.25, -0.2) is 0 Å². The minimum Gasteiger partial charge on any atom is -0.313 e. The average molecular weight is 336 g/mol. The van der Waals surface area contributed by atoms with Gasteiger partial charge in [0.2, 0.25) is 0 Å². The van der Waals surface area contributed by atoms with E-state index < -0.39 is 0 Å². The lowest BCUT2D eigenvalue weighted by molar-refractivity contribution is 0.0127. The Labute approximate surface area is 131 Å². The molecule has 0 radical (unpaired) electrons. The first-order chi connectivity index (χ1) is 9.61. The Balaban J connectivity index is 1.79. The number of benzene rings is 1. The summed E-state index contributed by atoms with van der Waals surface area (Å²) in [5.41, 5.74) is 2.51. The van der Waals surface area contributed by atoms with Crippen molar-refractivity contribution in [2.75, 3.05) is 6.54 Å². The van der Waals surface area contributed by atoms with Crippen molar-refractivity contribution in [1.82, 2.24) is 5.32 Å². The first-order valence-corrected chi connectivity index (χ1v) is 8.90. The van der Waals surface area contributed by atoms with Gasteiger partial charge in [-0.05, 0) is 48.8 Å². The van der Waals surface area contributed by atoms with E-state index in [0.717, 1.165) is 6.04 Å². The minimum atomic E-state index is 0.384. The molecule has 1 aromatic rings. The van der Waals surface area contributed by atoms with Gasteiger partial charge >= 0.3 is 0 Å². The molecule has 2 aliphatic carbocycles. The third-order valence-electron chi connectivity index (χ3n) is 5.69. The van der Waals surface area contributed by atoms with E-state index in [0.29, 0.717) is 10.8 Å². The molecule has 110 valence electrons. The number of nitrogens with one attached hydrogen (secondary N) is 1. The highest BCUT2D eigenvalue weighted by molar-refractivity contribution is 9.10. The molecule has 0 aromatic heterocycles. The van der Waals surface area contributed by atoms with Crippen LogP contribution in [0.15, 0.2) is 28.7 Å². The van der Waals surface area contributed by atoms with E-state index in [4.69, 9.17) is 0 Å². The van der Waals surface area contributed by atoms with Gasteiger partial charge in [0.25, 0.3) is 0 Å². The van der Waals surface area contributed by atoms with Crippen LogP contribution >= 0.6 is 15.9 Å². The van der Waals surface area contributed by atoms with E-state index in [1.165, 1.54) is 55.1 Å². The molecule has 0 unspecified atom stereocenters. The summed E-state index contributed by atoms with van der Waals surface area (Å²) in [6, 6.07) is 9.86. The maximum absolute atomic E-state index is 3.79. The fourth-order valence-corrected chi connectivity index (χ4v) is 4.26. The Hall–Kier alpha value is -0.340. The lowest BCUT2D eigenvalue weighted by Gasteiger charge is -2.57. The van der Waals surface area contributed by atoms with Gasteiger partial charge in [-0.15, -0.1) is 0 Å². The molecule has 1 N–H and O–H groups in total. The summed E-state index contributed by atoms with van der Waals surface area (Å²) >= 11 is 3.56. The van der Waals surface area contributed by atoms with Gasteiger partial charge in [-0.2, -0.15) is 0 Å². The van der Waals surface area contributed by atoms with Gasteiger partial charge < -0.3 is 5.32 Å². The van der Waals surface area contributed by atoms with Crippen LogP contribution in [-0.4, -0.2) is 12.6 Å². The molecule has 20 heavy (non-hydrogen) atoms. The highest BCUT2D eigenvalue weighted by Gasteiger charge is 2.53. The fraction of sp³-hybridized carbons (Fsp3) is 0.667. The molecule has 0 atom stereocenters. The van der Waals surface area contributed by atoms with Gasteiger partial charge in [0.1, 0.15) is 0 Å². The zero-order valence-corrected chi connectivity index (χ0v) is 14.3. The zero-order valence-electron chi connectivity index (χ0n) is 12.7. The Bertz CT molecular complexity index is 449. The monoisotopic (exact) mass is 335 g/mol. The van der Waals surface area contributed by atoms with Crippen molar-refractivity contribution in [1.29, 1.82) is 0 Å². The molecule has 1 nitrogen and oxygen atoms in total. The highest BCUT2D eigenvalue weighted by atomic mass is 79.9. The Morgan fingerprint density at radius 2 is 1.70 bits per heavy atom. The summed E-state index contributed by atoms with van der Waals surface area (Å²) in [6.07, 6.45) is 8.12. The summed E-state index contributed by atoms with van der Waals surface area (Å²) in [7, 11) is 0. The molecule has 0 bridgehead atoms. The molecule has 2 heteroatoms. The topological polar surface area (TPSA) is 12.0 Å². The third kappa shape index (κ3) is 2.69. The normalized spacial score (nSPS) is 23.4. The van der Waals surface area contributed by atoms with Crippen LogP contribution in [0.3, 0.4) is 0 Å². The molecule has 3 rings (SSSR count).